The predicted molar refractivity (Wildman–Crippen MR) is 77.2 cm³/mol. The first-order chi connectivity index (χ1) is 9.13. The maximum Gasteiger partial charge on any atom is 0.223 e. The summed E-state index contributed by atoms with van der Waals surface area (Å²) in [6.45, 7) is 3.25. The van der Waals surface area contributed by atoms with Gasteiger partial charge in [0.25, 0.3) is 0 Å². The number of likely N-dealkylation sites (tertiary alicyclic amines) is 1. The minimum atomic E-state index is 0.00356. The van der Waals surface area contributed by atoms with Gasteiger partial charge in [0.15, 0.2) is 0 Å². The molecule has 2 unspecified atom stereocenters. The van der Waals surface area contributed by atoms with Crippen LogP contribution in [0.25, 0.3) is 0 Å². The highest BCUT2D eigenvalue weighted by atomic mass is 32.1. The molecule has 2 rings (SSSR count). The van der Waals surface area contributed by atoms with E-state index in [2.05, 4.69) is 19.1 Å². The average Bonchev–Trinajstić information content (AvgIpc) is 2.74. The first-order valence-electron chi connectivity index (χ1n) is 6.74. The molecule has 0 aromatic carbocycles. The minimum Gasteiger partial charge on any atom is -0.383 e. The molecule has 2 N–H and O–H groups in total. The Bertz CT molecular complexity index is 433. The summed E-state index contributed by atoms with van der Waals surface area (Å²) in [6, 6.07) is 4.21. The second-order valence-corrected chi connectivity index (χ2v) is 6.35. The Morgan fingerprint density at radius 1 is 1.53 bits per heavy atom. The number of hydrogen-bond donors (Lipinski definition) is 1. The van der Waals surface area contributed by atoms with E-state index in [1.54, 1.807) is 18.4 Å². The molecule has 0 aliphatic carbocycles. The molecule has 0 bridgehead atoms. The summed E-state index contributed by atoms with van der Waals surface area (Å²) in [6.07, 6.45) is 2.37. The monoisotopic (exact) mass is 282 g/mol. The molecule has 1 aliphatic rings. The number of amides is 1. The zero-order valence-corrected chi connectivity index (χ0v) is 12.4. The Balaban J connectivity index is 2.27. The molecule has 0 saturated carbocycles. The fraction of sp³-hybridized carbons (Fsp3) is 0.643. The van der Waals surface area contributed by atoms with Crippen LogP contribution in [-0.4, -0.2) is 37.1 Å². The predicted octanol–water partition coefficient (Wildman–Crippen LogP) is 2.08. The summed E-state index contributed by atoms with van der Waals surface area (Å²) in [5, 5.41) is 0. The maximum absolute atomic E-state index is 12.3. The molecule has 1 aliphatic heterocycles. The zero-order valence-electron chi connectivity index (χ0n) is 11.6. The van der Waals surface area contributed by atoms with Crippen molar-refractivity contribution in [2.24, 2.45) is 5.73 Å². The van der Waals surface area contributed by atoms with Crippen LogP contribution in [0.2, 0.25) is 0 Å². The van der Waals surface area contributed by atoms with Gasteiger partial charge in [0.05, 0.1) is 12.6 Å². The van der Waals surface area contributed by atoms with Gasteiger partial charge in [-0.1, -0.05) is 0 Å². The molecule has 1 aromatic rings. The molecule has 2 heterocycles. The van der Waals surface area contributed by atoms with Crippen molar-refractivity contribution in [3.63, 3.8) is 0 Å². The summed E-state index contributed by atoms with van der Waals surface area (Å²) in [5.41, 5.74) is 6.32. The topological polar surface area (TPSA) is 55.6 Å². The molecule has 1 amide bonds. The third kappa shape index (κ3) is 3.35. The normalized spacial score (nSPS) is 24.6. The highest BCUT2D eigenvalue weighted by molar-refractivity contribution is 7.12. The van der Waals surface area contributed by atoms with E-state index in [9.17, 15) is 4.79 Å². The molecule has 0 radical (unpaired) electrons. The van der Waals surface area contributed by atoms with Crippen LogP contribution < -0.4 is 5.73 Å². The lowest BCUT2D eigenvalue weighted by atomic mass is 10.0. The lowest BCUT2D eigenvalue weighted by Crippen LogP contribution is -2.43. The van der Waals surface area contributed by atoms with Gasteiger partial charge in [-0.05, 0) is 31.9 Å². The summed E-state index contributed by atoms with van der Waals surface area (Å²) in [4.78, 5) is 16.6. The van der Waals surface area contributed by atoms with Gasteiger partial charge in [0.1, 0.15) is 0 Å². The van der Waals surface area contributed by atoms with Crippen LogP contribution >= 0.6 is 11.3 Å². The van der Waals surface area contributed by atoms with E-state index in [4.69, 9.17) is 10.5 Å². The molecular formula is C14H22N2O2S. The standard InChI is InChI=1S/C14H22N2O2S/c1-10-6-7-12(19-10)14-11(15)4-3-5-13(17)16(14)8-9-18-2/h6-7,11,14H,3-5,8-9,15H2,1-2H3. The summed E-state index contributed by atoms with van der Waals surface area (Å²) < 4.78 is 5.13. The number of carbonyl (C=O) groups excluding carboxylic acids is 1. The van der Waals surface area contributed by atoms with Gasteiger partial charge in [-0.2, -0.15) is 0 Å². The Labute approximate surface area is 118 Å². The van der Waals surface area contributed by atoms with Gasteiger partial charge >= 0.3 is 0 Å². The van der Waals surface area contributed by atoms with Crippen LogP contribution in [0.15, 0.2) is 12.1 Å². The number of nitrogens with two attached hydrogens (primary N) is 1. The van der Waals surface area contributed by atoms with Crippen molar-refractivity contribution in [3.05, 3.63) is 21.9 Å². The van der Waals surface area contributed by atoms with Crippen LogP contribution in [0.4, 0.5) is 0 Å². The molecule has 1 fully saturated rings. The van der Waals surface area contributed by atoms with Crippen molar-refractivity contribution in [1.29, 1.82) is 0 Å². The van der Waals surface area contributed by atoms with E-state index in [1.165, 1.54) is 9.75 Å². The van der Waals surface area contributed by atoms with Crippen molar-refractivity contribution in [1.82, 2.24) is 4.90 Å². The molecular weight excluding hydrogens is 260 g/mol. The summed E-state index contributed by atoms with van der Waals surface area (Å²) >= 11 is 1.73. The maximum atomic E-state index is 12.3. The largest absolute Gasteiger partial charge is 0.383 e. The number of carbonyl (C=O) groups is 1. The van der Waals surface area contributed by atoms with Crippen molar-refractivity contribution in [2.45, 2.75) is 38.3 Å². The zero-order chi connectivity index (χ0) is 13.8. The van der Waals surface area contributed by atoms with E-state index < -0.39 is 0 Å². The highest BCUT2D eigenvalue weighted by Gasteiger charge is 2.33. The van der Waals surface area contributed by atoms with Gasteiger partial charge in [-0.25, -0.2) is 0 Å². The first kappa shape index (κ1) is 14.5. The second kappa shape index (κ2) is 6.50. The SMILES string of the molecule is COCCN1C(=O)CCCC(N)C1c1ccc(C)s1. The lowest BCUT2D eigenvalue weighted by molar-refractivity contribution is -0.133. The molecule has 5 heteroatoms. The second-order valence-electron chi connectivity index (χ2n) is 5.03. The van der Waals surface area contributed by atoms with E-state index in [0.717, 1.165) is 12.8 Å². The fourth-order valence-electron chi connectivity index (χ4n) is 2.61. The minimum absolute atomic E-state index is 0.00356. The molecule has 106 valence electrons. The molecule has 2 atom stereocenters. The summed E-state index contributed by atoms with van der Waals surface area (Å²) in [5.74, 6) is 0.195. The molecule has 1 aromatic heterocycles. The average molecular weight is 282 g/mol. The van der Waals surface area contributed by atoms with Gasteiger partial charge in [0, 0.05) is 35.9 Å². The van der Waals surface area contributed by atoms with E-state index in [-0.39, 0.29) is 18.0 Å². The van der Waals surface area contributed by atoms with E-state index >= 15 is 0 Å². The number of methoxy groups -OCH3 is 1. The van der Waals surface area contributed by atoms with Gasteiger partial charge < -0.3 is 15.4 Å². The molecule has 19 heavy (non-hydrogen) atoms. The molecule has 0 spiro atoms. The fourth-order valence-corrected chi connectivity index (χ4v) is 3.67. The quantitative estimate of drug-likeness (QED) is 0.920. The van der Waals surface area contributed by atoms with Crippen LogP contribution in [0, 0.1) is 6.92 Å². The number of hydrogen-bond acceptors (Lipinski definition) is 4. The Morgan fingerprint density at radius 3 is 2.95 bits per heavy atom. The Morgan fingerprint density at radius 2 is 2.32 bits per heavy atom. The van der Waals surface area contributed by atoms with Crippen molar-refractivity contribution in [2.75, 3.05) is 20.3 Å². The van der Waals surface area contributed by atoms with Gasteiger partial charge in [-0.3, -0.25) is 4.79 Å². The third-order valence-corrected chi connectivity index (χ3v) is 4.65. The number of rotatable bonds is 4. The highest BCUT2D eigenvalue weighted by Crippen LogP contribution is 2.33. The number of thiophene rings is 1. The Kier molecular flexibility index (Phi) is 4.96. The number of ether oxygens (including phenoxy) is 1. The lowest BCUT2D eigenvalue weighted by Gasteiger charge is -2.32. The third-order valence-electron chi connectivity index (χ3n) is 3.58. The van der Waals surface area contributed by atoms with Crippen LogP contribution in [-0.2, 0) is 9.53 Å². The smallest absolute Gasteiger partial charge is 0.223 e. The van der Waals surface area contributed by atoms with E-state index in [0.29, 0.717) is 19.6 Å². The van der Waals surface area contributed by atoms with Crippen molar-refractivity contribution >= 4 is 17.2 Å². The van der Waals surface area contributed by atoms with Crippen molar-refractivity contribution < 1.29 is 9.53 Å². The van der Waals surface area contributed by atoms with E-state index in [1.807, 2.05) is 4.90 Å². The van der Waals surface area contributed by atoms with Crippen LogP contribution in [0.5, 0.6) is 0 Å². The number of aryl methyl sites for hydroxylation is 1. The summed E-state index contributed by atoms with van der Waals surface area (Å²) in [7, 11) is 1.66. The molecule has 1 saturated heterocycles. The molecule has 4 nitrogen and oxygen atoms in total. The first-order valence-corrected chi connectivity index (χ1v) is 7.55. The van der Waals surface area contributed by atoms with Crippen molar-refractivity contribution in [3.8, 4) is 0 Å². The Hall–Kier alpha value is -0.910. The van der Waals surface area contributed by atoms with Gasteiger partial charge in [-0.15, -0.1) is 11.3 Å². The number of nitrogens with zero attached hydrogens (tertiary/aromatic N) is 1. The van der Waals surface area contributed by atoms with Gasteiger partial charge in [0.2, 0.25) is 5.91 Å². The van der Waals surface area contributed by atoms with Crippen LogP contribution in [0.3, 0.4) is 0 Å². The van der Waals surface area contributed by atoms with Crippen LogP contribution in [0.1, 0.15) is 35.1 Å².